The van der Waals surface area contributed by atoms with Crippen molar-refractivity contribution in [1.29, 1.82) is 0 Å². The first-order chi connectivity index (χ1) is 12.8. The van der Waals surface area contributed by atoms with E-state index in [0.29, 0.717) is 6.54 Å². The molecule has 2 amide bonds. The smallest absolute Gasteiger partial charge is 0.317 e. The van der Waals surface area contributed by atoms with Crippen LogP contribution in [0.3, 0.4) is 0 Å². The summed E-state index contributed by atoms with van der Waals surface area (Å²) in [6.45, 7) is 8.66. The summed E-state index contributed by atoms with van der Waals surface area (Å²) in [5, 5.41) is 2.97. The standard InChI is InChI=1S/C21H33N3O2/c1-2-10-22-21(25)24-14-9-18-7-8-20(16-19(18)17-24)26-15-6-13-23-11-4-3-5-12-23/h7-8,16H,2-6,9-15,17H2,1H3,(H,22,25). The van der Waals surface area contributed by atoms with Crippen LogP contribution in [0.5, 0.6) is 5.75 Å². The molecule has 0 bridgehead atoms. The number of carbonyl (C=O) groups is 1. The molecule has 2 aliphatic rings. The first-order valence-electron chi connectivity index (χ1n) is 10.3. The second-order valence-corrected chi connectivity index (χ2v) is 7.44. The van der Waals surface area contributed by atoms with Crippen molar-refractivity contribution in [2.75, 3.05) is 39.3 Å². The van der Waals surface area contributed by atoms with E-state index in [4.69, 9.17) is 4.74 Å². The van der Waals surface area contributed by atoms with E-state index in [2.05, 4.69) is 35.3 Å². The number of nitrogens with zero attached hydrogens (tertiary/aromatic N) is 2. The van der Waals surface area contributed by atoms with Gasteiger partial charge in [0.25, 0.3) is 0 Å². The lowest BCUT2D eigenvalue weighted by atomic mass is 10.00. The molecule has 5 heteroatoms. The van der Waals surface area contributed by atoms with Crippen LogP contribution in [-0.4, -0.2) is 55.2 Å². The van der Waals surface area contributed by atoms with Gasteiger partial charge in [-0.05, 0) is 68.5 Å². The number of likely N-dealkylation sites (tertiary alicyclic amines) is 1. The third-order valence-electron chi connectivity index (χ3n) is 5.34. The van der Waals surface area contributed by atoms with E-state index < -0.39 is 0 Å². The van der Waals surface area contributed by atoms with Gasteiger partial charge in [-0.15, -0.1) is 0 Å². The topological polar surface area (TPSA) is 44.8 Å². The summed E-state index contributed by atoms with van der Waals surface area (Å²) in [5.74, 6) is 0.929. The quantitative estimate of drug-likeness (QED) is 0.759. The molecule has 0 aromatic heterocycles. The van der Waals surface area contributed by atoms with Crippen molar-refractivity contribution < 1.29 is 9.53 Å². The fourth-order valence-corrected chi connectivity index (χ4v) is 3.80. The first kappa shape index (κ1) is 19.0. The maximum Gasteiger partial charge on any atom is 0.317 e. The van der Waals surface area contributed by atoms with Crippen molar-refractivity contribution >= 4 is 6.03 Å². The van der Waals surface area contributed by atoms with Crippen LogP contribution in [0.1, 0.15) is 50.2 Å². The molecular formula is C21H33N3O2. The highest BCUT2D eigenvalue weighted by Crippen LogP contribution is 2.24. The Balaban J connectivity index is 1.46. The highest BCUT2D eigenvalue weighted by atomic mass is 16.5. The van der Waals surface area contributed by atoms with Crippen molar-refractivity contribution in [3.63, 3.8) is 0 Å². The van der Waals surface area contributed by atoms with Gasteiger partial charge >= 0.3 is 6.03 Å². The first-order valence-corrected chi connectivity index (χ1v) is 10.3. The van der Waals surface area contributed by atoms with Gasteiger partial charge in [-0.3, -0.25) is 0 Å². The number of piperidine rings is 1. The molecule has 0 aliphatic carbocycles. The Morgan fingerprint density at radius 2 is 2.00 bits per heavy atom. The van der Waals surface area contributed by atoms with Crippen LogP contribution in [-0.2, 0) is 13.0 Å². The van der Waals surface area contributed by atoms with Crippen molar-refractivity contribution in [2.24, 2.45) is 0 Å². The summed E-state index contributed by atoms with van der Waals surface area (Å²) in [6.07, 6.45) is 7.02. The zero-order valence-corrected chi connectivity index (χ0v) is 16.1. The van der Waals surface area contributed by atoms with Crippen LogP contribution in [0.25, 0.3) is 0 Å². The molecule has 5 nitrogen and oxygen atoms in total. The summed E-state index contributed by atoms with van der Waals surface area (Å²) in [4.78, 5) is 16.6. The SMILES string of the molecule is CCCNC(=O)N1CCc2ccc(OCCCN3CCCCC3)cc2C1. The molecule has 2 aliphatic heterocycles. The van der Waals surface area contributed by atoms with Gasteiger partial charge in [0.15, 0.2) is 0 Å². The van der Waals surface area contributed by atoms with E-state index in [1.807, 2.05) is 4.90 Å². The molecule has 1 N–H and O–H groups in total. The van der Waals surface area contributed by atoms with E-state index in [-0.39, 0.29) is 6.03 Å². The second-order valence-electron chi connectivity index (χ2n) is 7.44. The number of rotatable bonds is 7. The predicted molar refractivity (Wildman–Crippen MR) is 105 cm³/mol. The molecule has 1 aromatic rings. The monoisotopic (exact) mass is 359 g/mol. The van der Waals surface area contributed by atoms with Gasteiger partial charge in [0.1, 0.15) is 5.75 Å². The zero-order valence-electron chi connectivity index (χ0n) is 16.1. The minimum Gasteiger partial charge on any atom is -0.494 e. The minimum absolute atomic E-state index is 0.0466. The van der Waals surface area contributed by atoms with Crippen LogP contribution in [0.15, 0.2) is 18.2 Å². The van der Waals surface area contributed by atoms with Gasteiger partial charge in [0.2, 0.25) is 0 Å². The lowest BCUT2D eigenvalue weighted by Crippen LogP contribution is -2.42. The van der Waals surface area contributed by atoms with E-state index in [9.17, 15) is 4.79 Å². The number of fused-ring (bicyclic) bond motifs is 1. The third-order valence-corrected chi connectivity index (χ3v) is 5.34. The number of nitrogens with one attached hydrogen (secondary N) is 1. The molecule has 0 spiro atoms. The van der Waals surface area contributed by atoms with Gasteiger partial charge in [-0.2, -0.15) is 0 Å². The van der Waals surface area contributed by atoms with Gasteiger partial charge < -0.3 is 19.9 Å². The molecule has 2 heterocycles. The average Bonchev–Trinajstić information content (AvgIpc) is 2.69. The van der Waals surface area contributed by atoms with Crippen LogP contribution in [0.4, 0.5) is 4.79 Å². The number of hydrogen-bond acceptors (Lipinski definition) is 3. The number of benzene rings is 1. The Morgan fingerprint density at radius 1 is 1.15 bits per heavy atom. The van der Waals surface area contributed by atoms with E-state index in [1.54, 1.807) is 0 Å². The Morgan fingerprint density at radius 3 is 2.81 bits per heavy atom. The van der Waals surface area contributed by atoms with Crippen molar-refractivity contribution in [3.8, 4) is 5.75 Å². The number of amides is 2. The summed E-state index contributed by atoms with van der Waals surface area (Å²) in [5.41, 5.74) is 2.56. The maximum atomic E-state index is 12.2. The number of hydrogen-bond donors (Lipinski definition) is 1. The van der Waals surface area contributed by atoms with E-state index in [0.717, 1.165) is 51.3 Å². The summed E-state index contributed by atoms with van der Waals surface area (Å²) in [6, 6.07) is 6.41. The Bertz CT molecular complexity index is 585. The van der Waals surface area contributed by atoms with Crippen LogP contribution in [0.2, 0.25) is 0 Å². The molecule has 144 valence electrons. The minimum atomic E-state index is 0.0466. The molecule has 1 saturated heterocycles. The fraction of sp³-hybridized carbons (Fsp3) is 0.667. The summed E-state index contributed by atoms with van der Waals surface area (Å²) >= 11 is 0. The van der Waals surface area contributed by atoms with Crippen LogP contribution < -0.4 is 10.1 Å². The number of urea groups is 1. The molecule has 26 heavy (non-hydrogen) atoms. The molecule has 0 radical (unpaired) electrons. The van der Waals surface area contributed by atoms with Crippen molar-refractivity contribution in [3.05, 3.63) is 29.3 Å². The Hall–Kier alpha value is -1.75. The lowest BCUT2D eigenvalue weighted by molar-refractivity contribution is 0.192. The van der Waals surface area contributed by atoms with Crippen LogP contribution >= 0.6 is 0 Å². The van der Waals surface area contributed by atoms with Crippen LogP contribution in [0, 0.1) is 0 Å². The van der Waals surface area contributed by atoms with E-state index >= 15 is 0 Å². The maximum absolute atomic E-state index is 12.2. The molecular weight excluding hydrogens is 326 g/mol. The summed E-state index contributed by atoms with van der Waals surface area (Å²) < 4.78 is 5.98. The van der Waals surface area contributed by atoms with E-state index in [1.165, 1.54) is 43.5 Å². The van der Waals surface area contributed by atoms with Gasteiger partial charge in [-0.25, -0.2) is 4.79 Å². The van der Waals surface area contributed by atoms with Crippen molar-refractivity contribution in [2.45, 2.75) is 52.0 Å². The fourth-order valence-electron chi connectivity index (χ4n) is 3.80. The molecule has 0 saturated carbocycles. The molecule has 0 atom stereocenters. The zero-order chi connectivity index (χ0) is 18.2. The largest absolute Gasteiger partial charge is 0.494 e. The molecule has 1 fully saturated rings. The predicted octanol–water partition coefficient (Wildman–Crippen LogP) is 3.42. The highest BCUT2D eigenvalue weighted by molar-refractivity contribution is 5.74. The lowest BCUT2D eigenvalue weighted by Gasteiger charge is -2.29. The highest BCUT2D eigenvalue weighted by Gasteiger charge is 2.20. The Kier molecular flexibility index (Phi) is 7.18. The third kappa shape index (κ3) is 5.37. The average molecular weight is 360 g/mol. The van der Waals surface area contributed by atoms with Crippen molar-refractivity contribution in [1.82, 2.24) is 15.1 Å². The van der Waals surface area contributed by atoms with Gasteiger partial charge in [0.05, 0.1) is 6.61 Å². The molecule has 3 rings (SSSR count). The molecule has 1 aromatic carbocycles. The molecule has 0 unspecified atom stereocenters. The second kappa shape index (κ2) is 9.81. The summed E-state index contributed by atoms with van der Waals surface area (Å²) in [7, 11) is 0. The number of ether oxygens (including phenoxy) is 1. The number of carbonyl (C=O) groups excluding carboxylic acids is 1. The van der Waals surface area contributed by atoms with Gasteiger partial charge in [0, 0.05) is 26.2 Å². The van der Waals surface area contributed by atoms with Gasteiger partial charge in [-0.1, -0.05) is 19.4 Å². The normalized spacial score (nSPS) is 17.7. The Labute approximate surface area is 157 Å².